The smallest absolute Gasteiger partial charge is 0.115 e. The van der Waals surface area contributed by atoms with Crippen molar-refractivity contribution in [3.63, 3.8) is 0 Å². The van der Waals surface area contributed by atoms with Crippen molar-refractivity contribution in [1.82, 2.24) is 15.0 Å². The highest BCUT2D eigenvalue weighted by molar-refractivity contribution is 6.42. The molecule has 0 bridgehead atoms. The van der Waals surface area contributed by atoms with Gasteiger partial charge in [0.25, 0.3) is 0 Å². The van der Waals surface area contributed by atoms with E-state index >= 15 is 0 Å². The Morgan fingerprint density at radius 1 is 0.613 bits per heavy atom. The van der Waals surface area contributed by atoms with Crippen LogP contribution in [0.25, 0.3) is 39.0 Å². The molecule has 0 saturated heterocycles. The number of nitriles is 1. The first-order valence-corrected chi connectivity index (χ1v) is 10.3. The SMILES string of the molecule is N#Cc1ccc(-c2ccc(-c3ccc(-n4nc5cc(Cl)c(Cl)cc5n4)cc3)cc2)cc1. The van der Waals surface area contributed by atoms with E-state index in [1.165, 1.54) is 0 Å². The Morgan fingerprint density at radius 3 is 1.42 bits per heavy atom. The van der Waals surface area contributed by atoms with E-state index in [9.17, 15) is 0 Å². The fraction of sp³-hybridized carbons (Fsp3) is 0. The lowest BCUT2D eigenvalue weighted by Gasteiger charge is -2.06. The molecule has 5 aromatic rings. The Kier molecular flexibility index (Phi) is 4.91. The number of hydrogen-bond donors (Lipinski definition) is 0. The first kappa shape index (κ1) is 19.3. The third kappa shape index (κ3) is 3.77. The molecule has 0 saturated carbocycles. The Labute approximate surface area is 188 Å². The number of hydrogen-bond acceptors (Lipinski definition) is 3. The molecule has 0 spiro atoms. The molecule has 31 heavy (non-hydrogen) atoms. The van der Waals surface area contributed by atoms with Gasteiger partial charge in [-0.15, -0.1) is 10.2 Å². The minimum atomic E-state index is 0.459. The van der Waals surface area contributed by atoms with Crippen molar-refractivity contribution in [1.29, 1.82) is 5.26 Å². The van der Waals surface area contributed by atoms with Crippen LogP contribution in [0.15, 0.2) is 84.9 Å². The van der Waals surface area contributed by atoms with E-state index in [1.54, 1.807) is 16.9 Å². The molecular formula is C25H14Cl2N4. The number of halogens is 2. The zero-order valence-corrected chi connectivity index (χ0v) is 17.6. The minimum Gasteiger partial charge on any atom is -0.192 e. The van der Waals surface area contributed by atoms with E-state index in [0.717, 1.165) is 27.9 Å². The predicted octanol–water partition coefficient (Wildman–Crippen LogP) is 6.93. The van der Waals surface area contributed by atoms with Crippen molar-refractivity contribution in [3.05, 3.63) is 101 Å². The summed E-state index contributed by atoms with van der Waals surface area (Å²) in [7, 11) is 0. The lowest BCUT2D eigenvalue weighted by Crippen LogP contribution is -1.97. The first-order valence-electron chi connectivity index (χ1n) is 9.54. The van der Waals surface area contributed by atoms with Crippen molar-refractivity contribution in [2.24, 2.45) is 0 Å². The Bertz CT molecular complexity index is 1390. The Morgan fingerprint density at radius 2 is 1.00 bits per heavy atom. The summed E-state index contributed by atoms with van der Waals surface area (Å²) in [5, 5.41) is 18.8. The van der Waals surface area contributed by atoms with Crippen LogP contribution in [0.2, 0.25) is 10.0 Å². The minimum absolute atomic E-state index is 0.459. The molecular weight excluding hydrogens is 427 g/mol. The lowest BCUT2D eigenvalue weighted by molar-refractivity contribution is 0.766. The molecule has 0 aliphatic carbocycles. The largest absolute Gasteiger partial charge is 0.192 e. The van der Waals surface area contributed by atoms with Crippen LogP contribution in [-0.4, -0.2) is 15.0 Å². The second-order valence-corrected chi connectivity index (χ2v) is 7.87. The monoisotopic (exact) mass is 440 g/mol. The van der Waals surface area contributed by atoms with Gasteiger partial charge in [-0.3, -0.25) is 0 Å². The summed E-state index contributed by atoms with van der Waals surface area (Å²) in [6.07, 6.45) is 0. The van der Waals surface area contributed by atoms with Gasteiger partial charge in [0.2, 0.25) is 0 Å². The van der Waals surface area contributed by atoms with Crippen LogP contribution in [0.3, 0.4) is 0 Å². The van der Waals surface area contributed by atoms with E-state index in [2.05, 4.69) is 40.5 Å². The highest BCUT2D eigenvalue weighted by atomic mass is 35.5. The second kappa shape index (κ2) is 7.88. The van der Waals surface area contributed by atoms with Crippen LogP contribution in [0.4, 0.5) is 0 Å². The van der Waals surface area contributed by atoms with E-state index in [1.807, 2.05) is 48.5 Å². The van der Waals surface area contributed by atoms with Gasteiger partial charge in [-0.1, -0.05) is 71.7 Å². The first-order chi connectivity index (χ1) is 15.1. The third-order valence-corrected chi connectivity index (χ3v) is 5.81. The molecule has 5 rings (SSSR count). The molecule has 4 aromatic carbocycles. The van der Waals surface area contributed by atoms with Crippen molar-refractivity contribution in [2.45, 2.75) is 0 Å². The molecule has 0 radical (unpaired) electrons. The molecule has 0 amide bonds. The van der Waals surface area contributed by atoms with Crippen LogP contribution in [-0.2, 0) is 0 Å². The van der Waals surface area contributed by atoms with Gasteiger partial charge in [-0.25, -0.2) is 0 Å². The van der Waals surface area contributed by atoms with Gasteiger partial charge in [-0.2, -0.15) is 10.1 Å². The molecule has 4 nitrogen and oxygen atoms in total. The number of benzene rings is 4. The topological polar surface area (TPSA) is 54.5 Å². The number of aromatic nitrogens is 3. The summed E-state index contributed by atoms with van der Waals surface area (Å²) >= 11 is 12.1. The van der Waals surface area contributed by atoms with Crippen molar-refractivity contribution in [3.8, 4) is 34.0 Å². The summed E-state index contributed by atoms with van der Waals surface area (Å²) in [5.74, 6) is 0. The Hall–Kier alpha value is -3.65. The number of rotatable bonds is 3. The Balaban J connectivity index is 1.40. The van der Waals surface area contributed by atoms with Gasteiger partial charge in [0.05, 0.1) is 27.4 Å². The van der Waals surface area contributed by atoms with Crippen LogP contribution in [0, 0.1) is 11.3 Å². The number of nitrogens with zero attached hydrogens (tertiary/aromatic N) is 4. The summed E-state index contributed by atoms with van der Waals surface area (Å²) in [4.78, 5) is 1.58. The maximum absolute atomic E-state index is 8.94. The average Bonchev–Trinajstić information content (AvgIpc) is 3.22. The molecule has 148 valence electrons. The van der Waals surface area contributed by atoms with E-state index in [4.69, 9.17) is 28.5 Å². The molecule has 0 N–H and O–H groups in total. The van der Waals surface area contributed by atoms with Crippen molar-refractivity contribution >= 4 is 34.2 Å². The number of fused-ring (bicyclic) bond motifs is 1. The van der Waals surface area contributed by atoms with E-state index in [0.29, 0.717) is 26.6 Å². The maximum atomic E-state index is 8.94. The normalized spacial score (nSPS) is 10.9. The molecule has 0 fully saturated rings. The van der Waals surface area contributed by atoms with Gasteiger partial charge in [0.15, 0.2) is 0 Å². The zero-order chi connectivity index (χ0) is 21.4. The highest BCUT2D eigenvalue weighted by Crippen LogP contribution is 2.28. The van der Waals surface area contributed by atoms with Gasteiger partial charge in [0, 0.05) is 0 Å². The summed E-state index contributed by atoms with van der Waals surface area (Å²) in [6.45, 7) is 0. The second-order valence-electron chi connectivity index (χ2n) is 7.06. The molecule has 1 aromatic heterocycles. The van der Waals surface area contributed by atoms with E-state index < -0.39 is 0 Å². The van der Waals surface area contributed by atoms with Gasteiger partial charge in [-0.05, 0) is 58.7 Å². The fourth-order valence-electron chi connectivity index (χ4n) is 3.41. The van der Waals surface area contributed by atoms with Gasteiger partial charge >= 0.3 is 0 Å². The van der Waals surface area contributed by atoms with Crippen molar-refractivity contribution in [2.75, 3.05) is 0 Å². The molecule has 0 atom stereocenters. The molecule has 0 aliphatic rings. The highest BCUT2D eigenvalue weighted by Gasteiger charge is 2.09. The fourth-order valence-corrected chi connectivity index (χ4v) is 3.72. The molecule has 1 heterocycles. The third-order valence-electron chi connectivity index (χ3n) is 5.09. The zero-order valence-electron chi connectivity index (χ0n) is 16.1. The molecule has 6 heteroatoms. The van der Waals surface area contributed by atoms with Gasteiger partial charge < -0.3 is 0 Å². The van der Waals surface area contributed by atoms with Gasteiger partial charge in [0.1, 0.15) is 11.0 Å². The van der Waals surface area contributed by atoms with Crippen molar-refractivity contribution < 1.29 is 0 Å². The maximum Gasteiger partial charge on any atom is 0.115 e. The predicted molar refractivity (Wildman–Crippen MR) is 124 cm³/mol. The van der Waals surface area contributed by atoms with Crippen LogP contribution in [0.1, 0.15) is 5.56 Å². The van der Waals surface area contributed by atoms with Crippen LogP contribution in [0.5, 0.6) is 0 Å². The molecule has 0 aliphatic heterocycles. The molecule has 0 unspecified atom stereocenters. The summed E-state index contributed by atoms with van der Waals surface area (Å²) in [5.41, 5.74) is 7.29. The van der Waals surface area contributed by atoms with Crippen LogP contribution >= 0.6 is 23.2 Å². The summed E-state index contributed by atoms with van der Waals surface area (Å²) in [6, 6.07) is 29.5. The quantitative estimate of drug-likeness (QED) is 0.305. The standard InChI is InChI=1S/C25H14Cl2N4/c26-22-13-24-25(14-23(22)27)30-31(29-24)21-11-9-20(10-12-21)19-7-5-18(6-8-19)17-3-1-16(15-28)2-4-17/h1-14H. The lowest BCUT2D eigenvalue weighted by atomic mass is 9.99. The van der Waals surface area contributed by atoms with E-state index in [-0.39, 0.29) is 0 Å². The van der Waals surface area contributed by atoms with Crippen LogP contribution < -0.4 is 0 Å². The average molecular weight is 441 g/mol. The summed E-state index contributed by atoms with van der Waals surface area (Å²) < 4.78 is 0.